The fraction of sp³-hybridized carbons (Fsp3) is 0.462. The minimum atomic E-state index is -0.740. The van der Waals surface area contributed by atoms with Crippen LogP contribution in [0.1, 0.15) is 5.56 Å². The molecule has 2 N–H and O–H groups in total. The van der Waals surface area contributed by atoms with E-state index in [4.69, 9.17) is 0 Å². The van der Waals surface area contributed by atoms with Gasteiger partial charge in [-0.25, -0.2) is 0 Å². The Morgan fingerprint density at radius 2 is 1.94 bits per heavy atom. The number of β-amino-alcohol motifs (C(OH)–C–C–N with tert-alkyl or cyclic N) is 2. The molecule has 0 bridgehead atoms. The zero-order valence-corrected chi connectivity index (χ0v) is 10.2. The monoisotopic (exact) mass is 251 g/mol. The molecule has 5 heteroatoms. The third-order valence-corrected chi connectivity index (χ3v) is 3.15. The normalized spacial score (nSPS) is 23.2. The van der Waals surface area contributed by atoms with Crippen LogP contribution in [0.15, 0.2) is 24.3 Å². The van der Waals surface area contributed by atoms with Crippen molar-refractivity contribution in [3.8, 4) is 0 Å². The molecule has 1 heterocycles. The summed E-state index contributed by atoms with van der Waals surface area (Å²) in [5, 5.41) is 19.1. The third kappa shape index (κ3) is 2.63. The second-order valence-electron chi connectivity index (χ2n) is 4.42. The number of methoxy groups -OCH3 is 1. The minimum absolute atomic E-state index is 0.190. The van der Waals surface area contributed by atoms with Crippen LogP contribution in [0, 0.1) is 0 Å². The lowest BCUT2D eigenvalue weighted by atomic mass is 10.1. The summed E-state index contributed by atoms with van der Waals surface area (Å²) < 4.78 is 4.66. The molecule has 0 spiro atoms. The molecule has 1 aliphatic rings. The first-order valence-corrected chi connectivity index (χ1v) is 5.87. The second-order valence-corrected chi connectivity index (χ2v) is 4.42. The molecule has 0 unspecified atom stereocenters. The average molecular weight is 251 g/mol. The predicted molar refractivity (Wildman–Crippen MR) is 66.4 cm³/mol. The van der Waals surface area contributed by atoms with Gasteiger partial charge in [-0.3, -0.25) is 4.79 Å². The molecule has 5 nitrogen and oxygen atoms in total. The Morgan fingerprint density at radius 3 is 2.56 bits per heavy atom. The molecule has 98 valence electrons. The number of para-hydroxylation sites is 1. The Balaban J connectivity index is 2.20. The molecule has 1 aromatic rings. The standard InChI is InChI=1S/C13H17NO4/c1-18-13(17)6-9-4-2-3-5-10(9)14-7-11(15)12(16)8-14/h2-5,11-12,15-16H,6-8H2,1H3/t11-,12+. The topological polar surface area (TPSA) is 70.0 Å². The zero-order valence-electron chi connectivity index (χ0n) is 10.2. The van der Waals surface area contributed by atoms with E-state index in [1.807, 2.05) is 29.2 Å². The summed E-state index contributed by atoms with van der Waals surface area (Å²) >= 11 is 0. The van der Waals surface area contributed by atoms with Crippen LogP contribution in [0.2, 0.25) is 0 Å². The zero-order chi connectivity index (χ0) is 13.1. The van der Waals surface area contributed by atoms with E-state index in [2.05, 4.69) is 4.74 Å². The first-order chi connectivity index (χ1) is 8.61. The van der Waals surface area contributed by atoms with Gasteiger partial charge in [0.05, 0.1) is 25.7 Å². The molecule has 1 aliphatic heterocycles. The summed E-state index contributed by atoms with van der Waals surface area (Å²) in [5.41, 5.74) is 1.70. The molecular formula is C13H17NO4. The second kappa shape index (κ2) is 5.37. The number of benzene rings is 1. The number of carbonyl (C=O) groups is 1. The molecule has 1 saturated heterocycles. The number of aliphatic hydroxyl groups excluding tert-OH is 2. The largest absolute Gasteiger partial charge is 0.469 e. The molecular weight excluding hydrogens is 234 g/mol. The van der Waals surface area contributed by atoms with Crippen LogP contribution in [0.3, 0.4) is 0 Å². The highest BCUT2D eigenvalue weighted by atomic mass is 16.5. The summed E-state index contributed by atoms with van der Waals surface area (Å²) in [4.78, 5) is 13.2. The minimum Gasteiger partial charge on any atom is -0.469 e. The number of ether oxygens (including phenoxy) is 1. The summed E-state index contributed by atoms with van der Waals surface area (Å²) in [7, 11) is 1.36. The Morgan fingerprint density at radius 1 is 1.33 bits per heavy atom. The van der Waals surface area contributed by atoms with Crippen molar-refractivity contribution in [2.24, 2.45) is 0 Å². The van der Waals surface area contributed by atoms with Crippen LogP contribution in [-0.2, 0) is 16.0 Å². The van der Waals surface area contributed by atoms with Crippen molar-refractivity contribution in [3.05, 3.63) is 29.8 Å². The predicted octanol–water partition coefficient (Wildman–Crippen LogP) is -0.0561. The van der Waals surface area contributed by atoms with Crippen molar-refractivity contribution < 1.29 is 19.7 Å². The van der Waals surface area contributed by atoms with Gasteiger partial charge in [0.1, 0.15) is 0 Å². The third-order valence-electron chi connectivity index (χ3n) is 3.15. The number of carbonyl (C=O) groups excluding carboxylic acids is 1. The molecule has 0 aliphatic carbocycles. The lowest BCUT2D eigenvalue weighted by molar-refractivity contribution is -0.139. The van der Waals surface area contributed by atoms with Gasteiger partial charge in [-0.1, -0.05) is 18.2 Å². The van der Waals surface area contributed by atoms with Crippen molar-refractivity contribution in [2.45, 2.75) is 18.6 Å². The van der Waals surface area contributed by atoms with Crippen molar-refractivity contribution in [2.75, 3.05) is 25.1 Å². The Labute approximate surface area is 106 Å². The Hall–Kier alpha value is -1.59. The molecule has 0 amide bonds. The van der Waals surface area contributed by atoms with Gasteiger partial charge in [-0.2, -0.15) is 0 Å². The van der Waals surface area contributed by atoms with Crippen molar-refractivity contribution in [1.82, 2.24) is 0 Å². The number of esters is 1. The fourth-order valence-corrected chi connectivity index (χ4v) is 2.16. The first kappa shape index (κ1) is 12.9. The maximum Gasteiger partial charge on any atom is 0.310 e. The van der Waals surface area contributed by atoms with E-state index >= 15 is 0 Å². The molecule has 0 saturated carbocycles. The summed E-state index contributed by atoms with van der Waals surface area (Å²) in [6, 6.07) is 7.45. The summed E-state index contributed by atoms with van der Waals surface area (Å²) in [5.74, 6) is -0.303. The first-order valence-electron chi connectivity index (χ1n) is 5.87. The van der Waals surface area contributed by atoms with Gasteiger partial charge in [0.25, 0.3) is 0 Å². The quantitative estimate of drug-likeness (QED) is 0.737. The number of nitrogens with zero attached hydrogens (tertiary/aromatic N) is 1. The number of anilines is 1. The van der Waals surface area contributed by atoms with Crippen molar-refractivity contribution in [3.63, 3.8) is 0 Å². The molecule has 2 atom stereocenters. The lowest BCUT2D eigenvalue weighted by Gasteiger charge is -2.21. The molecule has 2 rings (SSSR count). The van der Waals surface area contributed by atoms with Crippen molar-refractivity contribution in [1.29, 1.82) is 0 Å². The van der Waals surface area contributed by atoms with Crippen LogP contribution in [0.25, 0.3) is 0 Å². The van der Waals surface area contributed by atoms with E-state index in [-0.39, 0.29) is 12.4 Å². The maximum atomic E-state index is 11.3. The number of hydrogen-bond acceptors (Lipinski definition) is 5. The number of hydrogen-bond donors (Lipinski definition) is 2. The average Bonchev–Trinajstić information content (AvgIpc) is 2.70. The molecule has 18 heavy (non-hydrogen) atoms. The van der Waals surface area contributed by atoms with E-state index in [1.165, 1.54) is 7.11 Å². The Bertz CT molecular complexity index is 425. The Kier molecular flexibility index (Phi) is 3.84. The van der Waals surface area contributed by atoms with E-state index < -0.39 is 12.2 Å². The van der Waals surface area contributed by atoms with Gasteiger partial charge in [0.15, 0.2) is 0 Å². The van der Waals surface area contributed by atoms with Gasteiger partial charge in [0.2, 0.25) is 0 Å². The maximum absolute atomic E-state index is 11.3. The number of rotatable bonds is 3. The fourth-order valence-electron chi connectivity index (χ4n) is 2.16. The summed E-state index contributed by atoms with van der Waals surface area (Å²) in [6.07, 6.45) is -1.29. The van der Waals surface area contributed by atoms with Gasteiger partial charge < -0.3 is 19.8 Å². The van der Waals surface area contributed by atoms with Crippen LogP contribution < -0.4 is 4.90 Å². The highest BCUT2D eigenvalue weighted by Crippen LogP contribution is 2.25. The van der Waals surface area contributed by atoms with Crippen LogP contribution >= 0.6 is 0 Å². The smallest absolute Gasteiger partial charge is 0.310 e. The highest BCUT2D eigenvalue weighted by molar-refractivity contribution is 5.75. The van der Waals surface area contributed by atoms with E-state index in [1.54, 1.807) is 0 Å². The van der Waals surface area contributed by atoms with Gasteiger partial charge in [-0.05, 0) is 11.6 Å². The highest BCUT2D eigenvalue weighted by Gasteiger charge is 2.30. The van der Waals surface area contributed by atoms with Crippen molar-refractivity contribution >= 4 is 11.7 Å². The lowest BCUT2D eigenvalue weighted by Crippen LogP contribution is -2.23. The van der Waals surface area contributed by atoms with E-state index in [0.29, 0.717) is 13.1 Å². The summed E-state index contributed by atoms with van der Waals surface area (Å²) in [6.45, 7) is 0.749. The number of aliphatic hydroxyl groups is 2. The van der Waals surface area contributed by atoms with Crippen LogP contribution in [0.4, 0.5) is 5.69 Å². The van der Waals surface area contributed by atoms with Crippen LogP contribution in [0.5, 0.6) is 0 Å². The molecule has 1 fully saturated rings. The molecule has 1 aromatic carbocycles. The van der Waals surface area contributed by atoms with Gasteiger partial charge in [0, 0.05) is 18.8 Å². The van der Waals surface area contributed by atoms with Crippen LogP contribution in [-0.4, -0.2) is 48.6 Å². The van der Waals surface area contributed by atoms with E-state index in [0.717, 1.165) is 11.3 Å². The molecule has 0 aromatic heterocycles. The SMILES string of the molecule is COC(=O)Cc1ccccc1N1C[C@@H](O)[C@@H](O)C1. The van der Waals surface area contributed by atoms with Gasteiger partial charge >= 0.3 is 5.97 Å². The van der Waals surface area contributed by atoms with Gasteiger partial charge in [-0.15, -0.1) is 0 Å². The van der Waals surface area contributed by atoms with E-state index in [9.17, 15) is 15.0 Å². The molecule has 0 radical (unpaired) electrons.